The molecule has 0 aromatic carbocycles. The van der Waals surface area contributed by atoms with Gasteiger partial charge in [0, 0.05) is 6.54 Å². The average molecular weight is 261 g/mol. The van der Waals surface area contributed by atoms with E-state index in [1.165, 1.54) is 0 Å². The SMILES string of the molecule is CC1CCC(Cn2c(=O)[nH]c(Cl)c(F)c2=O)C1. The van der Waals surface area contributed by atoms with Crippen LogP contribution in [0.25, 0.3) is 0 Å². The van der Waals surface area contributed by atoms with Crippen molar-refractivity contribution in [3.8, 4) is 0 Å². The second-order valence-corrected chi connectivity index (χ2v) is 5.14. The van der Waals surface area contributed by atoms with Crippen LogP contribution in [0.5, 0.6) is 0 Å². The number of aromatic amines is 1. The lowest BCUT2D eigenvalue weighted by molar-refractivity contribution is 0.412. The number of hydrogen-bond acceptors (Lipinski definition) is 2. The molecule has 1 aliphatic carbocycles. The molecule has 0 aliphatic heterocycles. The van der Waals surface area contributed by atoms with Gasteiger partial charge in [-0.15, -0.1) is 0 Å². The predicted molar refractivity (Wildman–Crippen MR) is 62.8 cm³/mol. The van der Waals surface area contributed by atoms with E-state index >= 15 is 0 Å². The lowest BCUT2D eigenvalue weighted by atomic mass is 10.1. The zero-order chi connectivity index (χ0) is 12.6. The molecule has 1 heterocycles. The van der Waals surface area contributed by atoms with Gasteiger partial charge in [0.1, 0.15) is 0 Å². The maximum Gasteiger partial charge on any atom is 0.329 e. The van der Waals surface area contributed by atoms with Gasteiger partial charge in [0.2, 0.25) is 5.82 Å². The fraction of sp³-hybridized carbons (Fsp3) is 0.636. The Hall–Kier alpha value is -1.10. The summed E-state index contributed by atoms with van der Waals surface area (Å²) in [6.07, 6.45) is 3.03. The maximum atomic E-state index is 13.3. The molecule has 4 nitrogen and oxygen atoms in total. The summed E-state index contributed by atoms with van der Waals surface area (Å²) in [5.74, 6) is -0.214. The first-order chi connectivity index (χ1) is 7.99. The van der Waals surface area contributed by atoms with E-state index in [-0.39, 0.29) is 12.5 Å². The number of nitrogens with zero attached hydrogens (tertiary/aromatic N) is 1. The topological polar surface area (TPSA) is 54.9 Å². The smallest absolute Gasteiger partial charge is 0.295 e. The third-order valence-corrected chi connectivity index (χ3v) is 3.59. The Morgan fingerprint density at radius 3 is 2.76 bits per heavy atom. The second kappa shape index (κ2) is 4.64. The Morgan fingerprint density at radius 1 is 1.47 bits per heavy atom. The van der Waals surface area contributed by atoms with Gasteiger partial charge in [-0.25, -0.2) is 4.79 Å². The van der Waals surface area contributed by atoms with Crippen LogP contribution in [0.4, 0.5) is 4.39 Å². The fourth-order valence-electron chi connectivity index (χ4n) is 2.44. The summed E-state index contributed by atoms with van der Waals surface area (Å²) < 4.78 is 14.2. The van der Waals surface area contributed by atoms with Crippen molar-refractivity contribution < 1.29 is 4.39 Å². The molecule has 0 radical (unpaired) electrons. The molecular weight excluding hydrogens is 247 g/mol. The highest BCUT2D eigenvalue weighted by molar-refractivity contribution is 6.29. The summed E-state index contributed by atoms with van der Waals surface area (Å²) >= 11 is 5.39. The average Bonchev–Trinajstić information content (AvgIpc) is 2.67. The molecular formula is C11H14ClFN2O2. The van der Waals surface area contributed by atoms with Crippen molar-refractivity contribution in [2.24, 2.45) is 11.8 Å². The van der Waals surface area contributed by atoms with Gasteiger partial charge in [-0.3, -0.25) is 14.3 Å². The van der Waals surface area contributed by atoms with E-state index in [9.17, 15) is 14.0 Å². The van der Waals surface area contributed by atoms with Gasteiger partial charge < -0.3 is 0 Å². The maximum absolute atomic E-state index is 13.3. The molecule has 94 valence electrons. The van der Waals surface area contributed by atoms with Gasteiger partial charge in [0.05, 0.1) is 0 Å². The molecule has 1 aromatic heterocycles. The van der Waals surface area contributed by atoms with E-state index in [4.69, 9.17) is 11.6 Å². The molecule has 1 aromatic rings. The first-order valence-electron chi connectivity index (χ1n) is 5.67. The minimum atomic E-state index is -1.09. The van der Waals surface area contributed by atoms with Crippen LogP contribution in [0.1, 0.15) is 26.2 Å². The van der Waals surface area contributed by atoms with Crippen molar-refractivity contribution in [1.82, 2.24) is 9.55 Å². The van der Waals surface area contributed by atoms with Crippen LogP contribution in [0.15, 0.2) is 9.59 Å². The number of H-pyrrole nitrogens is 1. The highest BCUT2D eigenvalue weighted by Crippen LogP contribution is 2.30. The van der Waals surface area contributed by atoms with E-state index in [0.717, 1.165) is 23.8 Å². The largest absolute Gasteiger partial charge is 0.329 e. The molecule has 0 amide bonds. The minimum absolute atomic E-state index is 0.268. The highest BCUT2D eigenvalue weighted by atomic mass is 35.5. The number of hydrogen-bond donors (Lipinski definition) is 1. The summed E-state index contributed by atoms with van der Waals surface area (Å²) in [5, 5.41) is -0.518. The van der Waals surface area contributed by atoms with Crippen LogP contribution in [0, 0.1) is 17.7 Å². The van der Waals surface area contributed by atoms with Crippen molar-refractivity contribution in [2.45, 2.75) is 32.7 Å². The number of rotatable bonds is 2. The quantitative estimate of drug-likeness (QED) is 0.824. The van der Waals surface area contributed by atoms with Crippen molar-refractivity contribution in [3.05, 3.63) is 31.8 Å². The van der Waals surface area contributed by atoms with Gasteiger partial charge in [-0.05, 0) is 24.7 Å². The predicted octanol–water partition coefficient (Wildman–Crippen LogP) is 1.77. The Kier molecular flexibility index (Phi) is 3.38. The zero-order valence-electron chi connectivity index (χ0n) is 9.50. The van der Waals surface area contributed by atoms with Gasteiger partial charge in [-0.1, -0.05) is 24.9 Å². The van der Waals surface area contributed by atoms with Gasteiger partial charge in [0.15, 0.2) is 5.15 Å². The minimum Gasteiger partial charge on any atom is -0.295 e. The van der Waals surface area contributed by atoms with E-state index in [2.05, 4.69) is 11.9 Å². The Morgan fingerprint density at radius 2 is 2.18 bits per heavy atom. The summed E-state index contributed by atoms with van der Waals surface area (Å²) in [6.45, 7) is 2.40. The van der Waals surface area contributed by atoms with Crippen molar-refractivity contribution >= 4 is 11.6 Å². The van der Waals surface area contributed by atoms with E-state index in [1.54, 1.807) is 0 Å². The molecule has 2 rings (SSSR count). The van der Waals surface area contributed by atoms with E-state index in [0.29, 0.717) is 5.92 Å². The Bertz CT molecular complexity index is 537. The first kappa shape index (κ1) is 12.4. The van der Waals surface area contributed by atoms with Crippen LogP contribution in [-0.4, -0.2) is 9.55 Å². The number of nitrogens with one attached hydrogen (secondary N) is 1. The second-order valence-electron chi connectivity index (χ2n) is 4.76. The number of halogens is 2. The summed E-state index contributed by atoms with van der Waals surface area (Å²) in [5.41, 5.74) is -1.57. The Balaban J connectivity index is 2.31. The molecule has 0 bridgehead atoms. The molecule has 1 aliphatic rings. The monoisotopic (exact) mass is 260 g/mol. The highest BCUT2D eigenvalue weighted by Gasteiger charge is 2.23. The van der Waals surface area contributed by atoms with Crippen LogP contribution >= 0.6 is 11.6 Å². The lowest BCUT2D eigenvalue weighted by Crippen LogP contribution is -2.38. The molecule has 1 N–H and O–H groups in total. The van der Waals surface area contributed by atoms with E-state index < -0.39 is 22.2 Å². The first-order valence-corrected chi connectivity index (χ1v) is 6.05. The van der Waals surface area contributed by atoms with Gasteiger partial charge >= 0.3 is 5.69 Å². The third-order valence-electron chi connectivity index (χ3n) is 3.33. The van der Waals surface area contributed by atoms with Crippen LogP contribution in [0.2, 0.25) is 5.15 Å². The molecule has 0 saturated heterocycles. The molecule has 1 saturated carbocycles. The zero-order valence-corrected chi connectivity index (χ0v) is 10.3. The molecule has 2 atom stereocenters. The van der Waals surface area contributed by atoms with Gasteiger partial charge in [-0.2, -0.15) is 4.39 Å². The number of aromatic nitrogens is 2. The summed E-state index contributed by atoms with van der Waals surface area (Å²) in [4.78, 5) is 25.2. The molecule has 2 unspecified atom stereocenters. The standard InChI is InChI=1S/C11H14ClFN2O2/c1-6-2-3-7(4-6)5-15-10(16)8(13)9(12)14-11(15)17/h6-7H,2-5H2,1H3,(H,14,17). The third kappa shape index (κ3) is 2.44. The molecule has 1 fully saturated rings. The molecule has 17 heavy (non-hydrogen) atoms. The summed E-state index contributed by atoms with van der Waals surface area (Å²) in [7, 11) is 0. The van der Waals surface area contributed by atoms with Crippen LogP contribution < -0.4 is 11.2 Å². The molecule has 6 heteroatoms. The summed E-state index contributed by atoms with van der Waals surface area (Å²) in [6, 6.07) is 0. The van der Waals surface area contributed by atoms with Crippen molar-refractivity contribution in [3.63, 3.8) is 0 Å². The van der Waals surface area contributed by atoms with Crippen molar-refractivity contribution in [2.75, 3.05) is 0 Å². The van der Waals surface area contributed by atoms with E-state index in [1.807, 2.05) is 0 Å². The van der Waals surface area contributed by atoms with Crippen LogP contribution in [-0.2, 0) is 6.54 Å². The van der Waals surface area contributed by atoms with Gasteiger partial charge in [0.25, 0.3) is 5.56 Å². The normalized spacial score (nSPS) is 24.2. The fourth-order valence-corrected chi connectivity index (χ4v) is 2.60. The van der Waals surface area contributed by atoms with Crippen molar-refractivity contribution in [1.29, 1.82) is 0 Å². The van der Waals surface area contributed by atoms with Crippen LogP contribution in [0.3, 0.4) is 0 Å². The molecule has 0 spiro atoms. The lowest BCUT2D eigenvalue weighted by Gasteiger charge is -2.11. The Labute approximate surface area is 102 Å².